The molecular weight excluding hydrogens is 282 g/mol. The van der Waals surface area contributed by atoms with Crippen molar-refractivity contribution in [1.29, 1.82) is 0 Å². The van der Waals surface area contributed by atoms with Crippen molar-refractivity contribution in [3.05, 3.63) is 46.8 Å². The van der Waals surface area contributed by atoms with E-state index in [4.69, 9.17) is 0 Å². The third kappa shape index (κ3) is 3.71. The molecule has 2 heterocycles. The molecule has 0 bridgehead atoms. The van der Waals surface area contributed by atoms with E-state index in [1.165, 1.54) is 0 Å². The molecule has 1 amide bonds. The summed E-state index contributed by atoms with van der Waals surface area (Å²) < 4.78 is 0.892. The lowest BCUT2D eigenvalue weighted by Crippen LogP contribution is -2.13. The lowest BCUT2D eigenvalue weighted by Gasteiger charge is -2.03. The average Bonchev–Trinajstić information content (AvgIpc) is 2.83. The summed E-state index contributed by atoms with van der Waals surface area (Å²) in [5, 5.41) is 2.75. The minimum absolute atomic E-state index is 0.0268. The van der Waals surface area contributed by atoms with E-state index < -0.39 is 0 Å². The van der Waals surface area contributed by atoms with E-state index in [1.807, 2.05) is 24.5 Å². The summed E-state index contributed by atoms with van der Waals surface area (Å²) in [4.78, 5) is 18.7. The van der Waals surface area contributed by atoms with E-state index in [-0.39, 0.29) is 5.91 Å². The van der Waals surface area contributed by atoms with Crippen LogP contribution in [0.1, 0.15) is 12.0 Å². The minimum atomic E-state index is -0.0268. The Bertz CT molecular complexity index is 479. The second-order valence-electron chi connectivity index (χ2n) is 3.63. The number of hydrogen-bond donors (Lipinski definition) is 2. The number of H-pyrrole nitrogens is 1. The number of hydrogen-bond acceptors (Lipinski definition) is 2. The largest absolute Gasteiger partial charge is 0.367 e. The quantitative estimate of drug-likeness (QED) is 0.911. The highest BCUT2D eigenvalue weighted by molar-refractivity contribution is 9.10. The lowest BCUT2D eigenvalue weighted by molar-refractivity contribution is -0.116. The van der Waals surface area contributed by atoms with Crippen LogP contribution >= 0.6 is 15.9 Å². The van der Waals surface area contributed by atoms with E-state index in [2.05, 4.69) is 31.2 Å². The van der Waals surface area contributed by atoms with E-state index in [9.17, 15) is 4.79 Å². The lowest BCUT2D eigenvalue weighted by atomic mass is 10.2. The Balaban J connectivity index is 1.83. The van der Waals surface area contributed by atoms with Crippen LogP contribution in [0.15, 0.2) is 41.3 Å². The third-order valence-electron chi connectivity index (χ3n) is 2.30. The van der Waals surface area contributed by atoms with Crippen molar-refractivity contribution in [2.75, 3.05) is 5.32 Å². The van der Waals surface area contributed by atoms with E-state index in [0.29, 0.717) is 12.2 Å². The van der Waals surface area contributed by atoms with Gasteiger partial charge in [-0.25, -0.2) is 4.98 Å². The van der Waals surface area contributed by atoms with Gasteiger partial charge in [0.15, 0.2) is 0 Å². The van der Waals surface area contributed by atoms with Crippen molar-refractivity contribution in [3.8, 4) is 0 Å². The van der Waals surface area contributed by atoms with Gasteiger partial charge in [0.05, 0.1) is 0 Å². The maximum Gasteiger partial charge on any atom is 0.225 e. The highest BCUT2D eigenvalue weighted by Gasteiger charge is 2.04. The SMILES string of the molecule is O=C(CCc1cc[nH]c1)Nc1ccc(Br)cn1. The van der Waals surface area contributed by atoms with Gasteiger partial charge in [-0.15, -0.1) is 0 Å². The summed E-state index contributed by atoms with van der Waals surface area (Å²) in [6.45, 7) is 0. The summed E-state index contributed by atoms with van der Waals surface area (Å²) in [5.74, 6) is 0.549. The van der Waals surface area contributed by atoms with Crippen molar-refractivity contribution in [2.45, 2.75) is 12.8 Å². The molecule has 0 aliphatic rings. The normalized spacial score (nSPS) is 10.2. The molecule has 5 heteroatoms. The van der Waals surface area contributed by atoms with Crippen LogP contribution in [0, 0.1) is 0 Å². The first kappa shape index (κ1) is 11.9. The number of aromatic nitrogens is 2. The van der Waals surface area contributed by atoms with Gasteiger partial charge in [0.25, 0.3) is 0 Å². The number of anilines is 1. The first-order valence-corrected chi connectivity index (χ1v) is 6.06. The maximum atomic E-state index is 11.6. The van der Waals surface area contributed by atoms with Crippen molar-refractivity contribution < 1.29 is 4.79 Å². The molecule has 17 heavy (non-hydrogen) atoms. The summed E-state index contributed by atoms with van der Waals surface area (Å²) in [7, 11) is 0. The number of pyridine rings is 1. The summed E-state index contributed by atoms with van der Waals surface area (Å²) in [6, 6.07) is 5.57. The van der Waals surface area contributed by atoms with Crippen LogP contribution in [0.25, 0.3) is 0 Å². The smallest absolute Gasteiger partial charge is 0.225 e. The minimum Gasteiger partial charge on any atom is -0.367 e. The number of amides is 1. The average molecular weight is 294 g/mol. The van der Waals surface area contributed by atoms with E-state index in [1.54, 1.807) is 12.3 Å². The number of aromatic amines is 1. The molecule has 0 aromatic carbocycles. The molecule has 2 aromatic rings. The molecule has 2 aromatic heterocycles. The number of carbonyl (C=O) groups is 1. The Labute approximate surface area is 108 Å². The highest BCUT2D eigenvalue weighted by atomic mass is 79.9. The Morgan fingerprint density at radius 1 is 1.41 bits per heavy atom. The monoisotopic (exact) mass is 293 g/mol. The van der Waals surface area contributed by atoms with Crippen molar-refractivity contribution in [1.82, 2.24) is 9.97 Å². The van der Waals surface area contributed by atoms with Gasteiger partial charge >= 0.3 is 0 Å². The zero-order chi connectivity index (χ0) is 12.1. The Kier molecular flexibility index (Phi) is 3.93. The topological polar surface area (TPSA) is 57.8 Å². The molecule has 2 N–H and O–H groups in total. The zero-order valence-electron chi connectivity index (χ0n) is 9.11. The molecule has 0 saturated heterocycles. The molecule has 0 spiro atoms. The van der Waals surface area contributed by atoms with Crippen LogP contribution in [0.4, 0.5) is 5.82 Å². The third-order valence-corrected chi connectivity index (χ3v) is 2.77. The number of rotatable bonds is 4. The van der Waals surface area contributed by atoms with E-state index >= 15 is 0 Å². The molecule has 0 saturated carbocycles. The molecule has 0 atom stereocenters. The van der Waals surface area contributed by atoms with Gasteiger partial charge in [-0.1, -0.05) is 0 Å². The number of nitrogens with zero attached hydrogens (tertiary/aromatic N) is 1. The first-order valence-electron chi connectivity index (χ1n) is 5.27. The molecule has 0 radical (unpaired) electrons. The summed E-state index contributed by atoms with van der Waals surface area (Å²) in [5.41, 5.74) is 1.13. The fourth-order valence-corrected chi connectivity index (χ4v) is 1.66. The molecule has 0 aliphatic heterocycles. The Hall–Kier alpha value is -1.62. The van der Waals surface area contributed by atoms with Gasteiger partial charge in [0.1, 0.15) is 5.82 Å². The van der Waals surface area contributed by atoms with Gasteiger partial charge in [-0.2, -0.15) is 0 Å². The van der Waals surface area contributed by atoms with Crippen LogP contribution in [0.3, 0.4) is 0 Å². The molecule has 0 aliphatic carbocycles. The molecule has 0 fully saturated rings. The number of halogens is 1. The zero-order valence-corrected chi connectivity index (χ0v) is 10.7. The fourth-order valence-electron chi connectivity index (χ4n) is 1.43. The van der Waals surface area contributed by atoms with Gasteiger partial charge in [0.2, 0.25) is 5.91 Å². The summed E-state index contributed by atoms with van der Waals surface area (Å²) >= 11 is 3.29. The van der Waals surface area contributed by atoms with Crippen LogP contribution in [-0.4, -0.2) is 15.9 Å². The Morgan fingerprint density at radius 2 is 2.29 bits per heavy atom. The molecular formula is C12H12BrN3O. The van der Waals surface area contributed by atoms with Gasteiger partial charge < -0.3 is 10.3 Å². The summed E-state index contributed by atoms with van der Waals surface area (Å²) in [6.07, 6.45) is 6.58. The van der Waals surface area contributed by atoms with E-state index in [0.717, 1.165) is 16.5 Å². The van der Waals surface area contributed by atoms with Crippen LogP contribution in [0.5, 0.6) is 0 Å². The second kappa shape index (κ2) is 5.63. The fraction of sp³-hybridized carbons (Fsp3) is 0.167. The predicted octanol–water partition coefficient (Wildman–Crippen LogP) is 2.74. The Morgan fingerprint density at radius 3 is 2.94 bits per heavy atom. The standard InChI is InChI=1S/C12H12BrN3O/c13-10-2-3-11(15-8-10)16-12(17)4-1-9-5-6-14-7-9/h2-3,5-8,14H,1,4H2,(H,15,16,17). The number of carbonyl (C=O) groups excluding carboxylic acids is 1. The predicted molar refractivity (Wildman–Crippen MR) is 69.7 cm³/mol. The van der Waals surface area contributed by atoms with Gasteiger partial charge in [-0.05, 0) is 46.1 Å². The van der Waals surface area contributed by atoms with Crippen LogP contribution in [-0.2, 0) is 11.2 Å². The maximum absolute atomic E-state index is 11.6. The van der Waals surface area contributed by atoms with Crippen molar-refractivity contribution >= 4 is 27.7 Å². The molecule has 4 nitrogen and oxygen atoms in total. The van der Waals surface area contributed by atoms with Gasteiger partial charge in [-0.3, -0.25) is 4.79 Å². The van der Waals surface area contributed by atoms with Crippen LogP contribution in [0.2, 0.25) is 0 Å². The number of nitrogens with one attached hydrogen (secondary N) is 2. The molecule has 0 unspecified atom stereocenters. The first-order chi connectivity index (χ1) is 8.24. The number of aryl methyl sites for hydroxylation is 1. The second-order valence-corrected chi connectivity index (χ2v) is 4.54. The van der Waals surface area contributed by atoms with Crippen LogP contribution < -0.4 is 5.32 Å². The highest BCUT2D eigenvalue weighted by Crippen LogP contribution is 2.11. The van der Waals surface area contributed by atoms with Crippen molar-refractivity contribution in [3.63, 3.8) is 0 Å². The van der Waals surface area contributed by atoms with Crippen molar-refractivity contribution in [2.24, 2.45) is 0 Å². The van der Waals surface area contributed by atoms with Gasteiger partial charge in [0, 0.05) is 29.5 Å². The molecule has 88 valence electrons. The molecule has 2 rings (SSSR count).